The van der Waals surface area contributed by atoms with Crippen molar-refractivity contribution in [2.75, 3.05) is 51.3 Å². The van der Waals surface area contributed by atoms with Crippen molar-refractivity contribution in [2.45, 2.75) is 19.4 Å². The number of piperazine rings is 1. The molecule has 0 amide bonds. The van der Waals surface area contributed by atoms with Gasteiger partial charge in [-0.2, -0.15) is 0 Å². The number of benzene rings is 2. The summed E-state index contributed by atoms with van der Waals surface area (Å²) in [5, 5.41) is 0. The smallest absolute Gasteiger partial charge is 0.225 e. The Balaban J connectivity index is 1.34. The van der Waals surface area contributed by atoms with E-state index in [9.17, 15) is 0 Å². The number of aromatic nitrogens is 2. The second-order valence-corrected chi connectivity index (χ2v) is 8.34. The molecule has 2 heterocycles. The van der Waals surface area contributed by atoms with E-state index >= 15 is 0 Å². The van der Waals surface area contributed by atoms with Crippen molar-refractivity contribution in [1.29, 1.82) is 0 Å². The zero-order valence-corrected chi connectivity index (χ0v) is 19.5. The van der Waals surface area contributed by atoms with E-state index < -0.39 is 0 Å². The van der Waals surface area contributed by atoms with Gasteiger partial charge in [0.15, 0.2) is 0 Å². The summed E-state index contributed by atoms with van der Waals surface area (Å²) in [7, 11) is 1.69. The Labute approximate surface area is 196 Å². The molecular weight excluding hydrogens is 414 g/mol. The van der Waals surface area contributed by atoms with Gasteiger partial charge in [-0.25, -0.2) is 9.97 Å². The van der Waals surface area contributed by atoms with Gasteiger partial charge in [0.1, 0.15) is 18.1 Å². The molecule has 0 radical (unpaired) electrons. The molecule has 1 unspecified atom stereocenters. The third-order valence-electron chi connectivity index (χ3n) is 6.20. The van der Waals surface area contributed by atoms with E-state index in [1.807, 2.05) is 24.3 Å². The molecule has 0 saturated carbocycles. The van der Waals surface area contributed by atoms with Crippen LogP contribution < -0.4 is 20.1 Å². The van der Waals surface area contributed by atoms with Gasteiger partial charge in [-0.05, 0) is 47.0 Å². The molecule has 4 rings (SSSR count). The van der Waals surface area contributed by atoms with Crippen molar-refractivity contribution in [3.63, 3.8) is 0 Å². The van der Waals surface area contributed by atoms with Crippen LogP contribution in [-0.4, -0.2) is 61.3 Å². The topological polar surface area (TPSA) is 76.7 Å². The van der Waals surface area contributed by atoms with Crippen LogP contribution in [0.15, 0.2) is 60.9 Å². The Hall–Kier alpha value is -3.16. The van der Waals surface area contributed by atoms with Gasteiger partial charge in [-0.3, -0.25) is 4.90 Å². The van der Waals surface area contributed by atoms with Crippen LogP contribution in [0.4, 0.5) is 5.95 Å². The van der Waals surface area contributed by atoms with E-state index in [4.69, 9.17) is 15.2 Å². The lowest BCUT2D eigenvalue weighted by Gasteiger charge is -2.34. The molecule has 1 fully saturated rings. The number of nitrogens with two attached hydrogens (primary N) is 1. The van der Waals surface area contributed by atoms with Crippen molar-refractivity contribution in [3.05, 3.63) is 77.6 Å². The van der Waals surface area contributed by atoms with E-state index in [1.165, 1.54) is 11.1 Å². The maximum absolute atomic E-state index is 6.17. The third kappa shape index (κ3) is 6.00. The summed E-state index contributed by atoms with van der Waals surface area (Å²) in [6.07, 6.45) is 3.59. The van der Waals surface area contributed by atoms with Crippen LogP contribution in [0, 0.1) is 0 Å². The van der Waals surface area contributed by atoms with Gasteiger partial charge in [0.2, 0.25) is 5.95 Å². The normalized spacial score (nSPS) is 15.3. The molecule has 7 nitrogen and oxygen atoms in total. The summed E-state index contributed by atoms with van der Waals surface area (Å²) in [4.78, 5) is 13.4. The molecule has 1 aromatic heterocycles. The van der Waals surface area contributed by atoms with Crippen molar-refractivity contribution >= 4 is 5.95 Å². The molecule has 0 bridgehead atoms. The van der Waals surface area contributed by atoms with Crippen LogP contribution in [0.1, 0.15) is 29.5 Å². The molecule has 3 aromatic rings. The van der Waals surface area contributed by atoms with Gasteiger partial charge in [0.05, 0.1) is 7.11 Å². The largest absolute Gasteiger partial charge is 0.497 e. The Morgan fingerprint density at radius 1 is 0.939 bits per heavy atom. The molecule has 33 heavy (non-hydrogen) atoms. The van der Waals surface area contributed by atoms with Crippen LogP contribution in [0.25, 0.3) is 0 Å². The number of methoxy groups -OCH3 is 1. The predicted molar refractivity (Wildman–Crippen MR) is 131 cm³/mol. The molecule has 1 saturated heterocycles. The van der Waals surface area contributed by atoms with Gasteiger partial charge < -0.3 is 20.1 Å². The lowest BCUT2D eigenvalue weighted by atomic mass is 9.91. The molecule has 1 atom stereocenters. The first-order chi connectivity index (χ1) is 16.2. The molecule has 0 aliphatic carbocycles. The molecule has 7 heteroatoms. The monoisotopic (exact) mass is 447 g/mol. The molecule has 1 aliphatic rings. The highest BCUT2D eigenvalue weighted by Crippen LogP contribution is 2.30. The first-order valence-corrected chi connectivity index (χ1v) is 11.5. The maximum atomic E-state index is 6.17. The first kappa shape index (κ1) is 23.0. The van der Waals surface area contributed by atoms with Crippen LogP contribution >= 0.6 is 0 Å². The van der Waals surface area contributed by atoms with Crippen LogP contribution in [0.5, 0.6) is 11.5 Å². The van der Waals surface area contributed by atoms with Crippen molar-refractivity contribution < 1.29 is 9.47 Å². The summed E-state index contributed by atoms with van der Waals surface area (Å²) < 4.78 is 11.6. The number of anilines is 1. The highest BCUT2D eigenvalue weighted by molar-refractivity contribution is 5.42. The maximum Gasteiger partial charge on any atom is 0.225 e. The minimum Gasteiger partial charge on any atom is -0.497 e. The number of ether oxygens (including phenoxy) is 2. The molecule has 1 aliphatic heterocycles. The lowest BCUT2D eigenvalue weighted by Crippen LogP contribution is -2.48. The quantitative estimate of drug-likeness (QED) is 0.539. The standard InChI is InChI=1S/C26H33N5O2/c1-20(22-5-3-6-24(17-22)32-2)23-15-21(19-27)16-25(18-23)33-14-13-30-9-11-31(12-10-30)26-28-7-4-8-29-26/h3-8,15-18,20H,9-14,19,27H2,1-2H3. The number of hydrogen-bond donors (Lipinski definition) is 1. The second kappa shape index (κ2) is 11.1. The molecule has 0 spiro atoms. The summed E-state index contributed by atoms with van der Waals surface area (Å²) in [6.45, 7) is 8.01. The Kier molecular flexibility index (Phi) is 7.75. The Morgan fingerprint density at radius 3 is 2.42 bits per heavy atom. The average Bonchev–Trinajstić information content (AvgIpc) is 2.89. The minimum absolute atomic E-state index is 0.210. The fraction of sp³-hybridized carbons (Fsp3) is 0.385. The zero-order chi connectivity index (χ0) is 23.0. The summed E-state index contributed by atoms with van der Waals surface area (Å²) in [6, 6.07) is 16.4. The Bertz CT molecular complexity index is 1020. The van der Waals surface area contributed by atoms with Gasteiger partial charge in [-0.15, -0.1) is 0 Å². The van der Waals surface area contributed by atoms with Gasteiger partial charge in [-0.1, -0.05) is 25.1 Å². The number of nitrogens with zero attached hydrogens (tertiary/aromatic N) is 4. The summed E-state index contributed by atoms with van der Waals surface area (Å²) in [5.41, 5.74) is 9.45. The van der Waals surface area contributed by atoms with E-state index in [-0.39, 0.29) is 5.92 Å². The highest BCUT2D eigenvalue weighted by atomic mass is 16.5. The first-order valence-electron chi connectivity index (χ1n) is 11.5. The van der Waals surface area contributed by atoms with Gasteiger partial charge in [0, 0.05) is 57.6 Å². The third-order valence-corrected chi connectivity index (χ3v) is 6.20. The van der Waals surface area contributed by atoms with Crippen molar-refractivity contribution in [2.24, 2.45) is 5.73 Å². The van der Waals surface area contributed by atoms with E-state index in [0.717, 1.165) is 55.7 Å². The van der Waals surface area contributed by atoms with Gasteiger partial charge in [0.25, 0.3) is 0 Å². The van der Waals surface area contributed by atoms with Crippen LogP contribution in [0.3, 0.4) is 0 Å². The fourth-order valence-corrected chi connectivity index (χ4v) is 4.16. The average molecular weight is 448 g/mol. The van der Waals surface area contributed by atoms with Gasteiger partial charge >= 0.3 is 0 Å². The summed E-state index contributed by atoms with van der Waals surface area (Å²) in [5.74, 6) is 2.76. The van der Waals surface area contributed by atoms with Crippen LogP contribution in [0.2, 0.25) is 0 Å². The van der Waals surface area contributed by atoms with Crippen molar-refractivity contribution in [1.82, 2.24) is 14.9 Å². The zero-order valence-electron chi connectivity index (χ0n) is 19.5. The fourth-order valence-electron chi connectivity index (χ4n) is 4.16. The number of hydrogen-bond acceptors (Lipinski definition) is 7. The SMILES string of the molecule is COc1cccc(C(C)c2cc(CN)cc(OCCN3CCN(c4ncccn4)CC3)c2)c1. The van der Waals surface area contributed by atoms with Crippen LogP contribution in [-0.2, 0) is 6.54 Å². The van der Waals surface area contributed by atoms with E-state index in [1.54, 1.807) is 19.5 Å². The Morgan fingerprint density at radius 2 is 1.70 bits per heavy atom. The second-order valence-electron chi connectivity index (χ2n) is 8.34. The lowest BCUT2D eigenvalue weighted by molar-refractivity contribution is 0.200. The molecular formula is C26H33N5O2. The minimum atomic E-state index is 0.210. The number of rotatable bonds is 9. The highest BCUT2D eigenvalue weighted by Gasteiger charge is 2.18. The molecule has 174 valence electrons. The predicted octanol–water partition coefficient (Wildman–Crippen LogP) is 3.30. The molecule has 2 aromatic carbocycles. The summed E-state index contributed by atoms with van der Waals surface area (Å²) >= 11 is 0. The van der Waals surface area contributed by atoms with Crippen molar-refractivity contribution in [3.8, 4) is 11.5 Å². The van der Waals surface area contributed by atoms with E-state index in [2.05, 4.69) is 51.0 Å². The van der Waals surface area contributed by atoms with E-state index in [0.29, 0.717) is 13.2 Å². The molecule has 2 N–H and O–H groups in total.